The molecule has 0 aromatic heterocycles. The molecule has 1 aromatic carbocycles. The lowest BCUT2D eigenvalue weighted by Crippen LogP contribution is -2.59. The minimum absolute atomic E-state index is 0.284. The number of hydrogen-bond acceptors (Lipinski definition) is 3. The van der Waals surface area contributed by atoms with Crippen LogP contribution in [0, 0.1) is 0 Å². The first kappa shape index (κ1) is 13.2. The van der Waals surface area contributed by atoms with Crippen molar-refractivity contribution in [3.63, 3.8) is 0 Å². The molecule has 20 heavy (non-hydrogen) atoms. The quantitative estimate of drug-likeness (QED) is 0.807. The molecule has 106 valence electrons. The summed E-state index contributed by atoms with van der Waals surface area (Å²) in [5.74, 6) is -0.277. The van der Waals surface area contributed by atoms with Crippen LogP contribution in [0.1, 0.15) is 19.8 Å². The Balaban J connectivity index is 1.92. The van der Waals surface area contributed by atoms with Crippen LogP contribution in [0.4, 0.5) is 5.69 Å². The highest BCUT2D eigenvalue weighted by Crippen LogP contribution is 2.36. The third-order valence-electron chi connectivity index (χ3n) is 3.74. The monoisotopic (exact) mass is 294 g/mol. The number of halogens is 1. The molecule has 0 unspecified atom stereocenters. The van der Waals surface area contributed by atoms with Gasteiger partial charge in [-0.1, -0.05) is 11.6 Å². The topological polar surface area (TPSA) is 58.6 Å². The van der Waals surface area contributed by atoms with Gasteiger partial charge in [0.2, 0.25) is 0 Å². The van der Waals surface area contributed by atoms with Gasteiger partial charge in [-0.05, 0) is 38.0 Å². The second-order valence-corrected chi connectivity index (χ2v) is 5.67. The third-order valence-corrected chi connectivity index (χ3v) is 3.97. The summed E-state index contributed by atoms with van der Waals surface area (Å²) < 4.78 is 5.70. The number of carbonyl (C=O) groups excluding carboxylic acids is 2. The van der Waals surface area contributed by atoms with Crippen molar-refractivity contribution in [3.05, 3.63) is 23.2 Å². The first-order valence-corrected chi connectivity index (χ1v) is 6.98. The van der Waals surface area contributed by atoms with E-state index in [0.29, 0.717) is 29.5 Å². The summed E-state index contributed by atoms with van der Waals surface area (Å²) in [5.41, 5.74) is -1.01. The molecule has 1 N–H and O–H groups in total. The fourth-order valence-corrected chi connectivity index (χ4v) is 2.73. The van der Waals surface area contributed by atoms with Gasteiger partial charge in [-0.15, -0.1) is 0 Å². The van der Waals surface area contributed by atoms with Crippen LogP contribution in [-0.4, -0.2) is 35.4 Å². The van der Waals surface area contributed by atoms with E-state index in [2.05, 4.69) is 5.32 Å². The van der Waals surface area contributed by atoms with Crippen LogP contribution in [0.5, 0.6) is 5.75 Å². The van der Waals surface area contributed by atoms with Crippen molar-refractivity contribution in [2.45, 2.75) is 25.4 Å². The first-order valence-electron chi connectivity index (χ1n) is 6.60. The van der Waals surface area contributed by atoms with Gasteiger partial charge >= 0.3 is 0 Å². The molecule has 2 aliphatic rings. The van der Waals surface area contributed by atoms with E-state index in [4.69, 9.17) is 16.3 Å². The number of carbonyl (C=O) groups is 2. The van der Waals surface area contributed by atoms with Crippen LogP contribution >= 0.6 is 11.6 Å². The van der Waals surface area contributed by atoms with Gasteiger partial charge in [-0.25, -0.2) is 0 Å². The van der Waals surface area contributed by atoms with E-state index in [1.54, 1.807) is 23.1 Å². The molecule has 2 aliphatic heterocycles. The fraction of sp³-hybridized carbons (Fsp3) is 0.429. The van der Waals surface area contributed by atoms with Crippen LogP contribution in [-0.2, 0) is 9.59 Å². The zero-order chi connectivity index (χ0) is 14.3. The number of likely N-dealkylation sites (tertiary alicyclic amines) is 1. The number of hydrogen-bond donors (Lipinski definition) is 1. The number of amides is 2. The number of ether oxygens (including phenoxy) is 1. The summed E-state index contributed by atoms with van der Waals surface area (Å²) in [6.45, 7) is 2.87. The van der Waals surface area contributed by atoms with Crippen molar-refractivity contribution in [1.29, 1.82) is 0 Å². The van der Waals surface area contributed by atoms with Gasteiger partial charge < -0.3 is 15.0 Å². The summed E-state index contributed by atoms with van der Waals surface area (Å²) >= 11 is 5.88. The number of nitrogens with one attached hydrogen (secondary N) is 1. The molecule has 1 fully saturated rings. The zero-order valence-corrected chi connectivity index (χ0v) is 11.9. The Morgan fingerprint density at radius 3 is 2.80 bits per heavy atom. The summed E-state index contributed by atoms with van der Waals surface area (Å²) in [7, 11) is 0. The van der Waals surface area contributed by atoms with Crippen molar-refractivity contribution in [2.24, 2.45) is 0 Å². The van der Waals surface area contributed by atoms with Crippen molar-refractivity contribution in [2.75, 3.05) is 18.4 Å². The lowest BCUT2D eigenvalue weighted by molar-refractivity contribution is -0.153. The van der Waals surface area contributed by atoms with E-state index in [1.807, 2.05) is 0 Å². The second kappa shape index (κ2) is 4.66. The SMILES string of the molecule is C[C@@]1(C(=O)N2CCCC2)Oc2ccc(Cl)cc2NC1=O. The highest BCUT2D eigenvalue weighted by atomic mass is 35.5. The van der Waals surface area contributed by atoms with Crippen molar-refractivity contribution in [1.82, 2.24) is 4.90 Å². The summed E-state index contributed by atoms with van der Waals surface area (Å²) in [5, 5.41) is 3.20. The van der Waals surface area contributed by atoms with E-state index in [-0.39, 0.29) is 5.91 Å². The standard InChI is InChI=1S/C14H15ClN2O3/c1-14(13(19)17-6-2-3-7-17)12(18)16-10-8-9(15)4-5-11(10)20-14/h4-5,8H,2-3,6-7H2,1H3,(H,16,18)/t14-/m1/s1. The Kier molecular flexibility index (Phi) is 3.09. The second-order valence-electron chi connectivity index (χ2n) is 5.23. The number of anilines is 1. The van der Waals surface area contributed by atoms with Gasteiger partial charge in [-0.3, -0.25) is 9.59 Å². The minimum Gasteiger partial charge on any atom is -0.466 e. The Morgan fingerprint density at radius 1 is 1.40 bits per heavy atom. The van der Waals surface area contributed by atoms with Crippen molar-refractivity contribution in [3.8, 4) is 5.75 Å². The maximum absolute atomic E-state index is 12.5. The van der Waals surface area contributed by atoms with E-state index in [1.165, 1.54) is 6.92 Å². The van der Waals surface area contributed by atoms with Gasteiger partial charge in [0.25, 0.3) is 17.4 Å². The average Bonchev–Trinajstić information content (AvgIpc) is 2.93. The molecule has 0 spiro atoms. The Morgan fingerprint density at radius 2 is 2.10 bits per heavy atom. The van der Waals surface area contributed by atoms with Crippen LogP contribution in [0.15, 0.2) is 18.2 Å². The molecular weight excluding hydrogens is 280 g/mol. The molecule has 3 rings (SSSR count). The molecule has 0 saturated carbocycles. The highest BCUT2D eigenvalue weighted by molar-refractivity contribution is 6.31. The fourth-order valence-electron chi connectivity index (χ4n) is 2.56. The van der Waals surface area contributed by atoms with Crippen LogP contribution in [0.3, 0.4) is 0 Å². The van der Waals surface area contributed by atoms with E-state index in [0.717, 1.165) is 12.8 Å². The predicted molar refractivity (Wildman–Crippen MR) is 74.9 cm³/mol. The number of rotatable bonds is 1. The van der Waals surface area contributed by atoms with Gasteiger partial charge in [-0.2, -0.15) is 0 Å². The predicted octanol–water partition coefficient (Wildman–Crippen LogP) is 2.05. The van der Waals surface area contributed by atoms with Crippen LogP contribution < -0.4 is 10.1 Å². The van der Waals surface area contributed by atoms with Crippen molar-refractivity contribution < 1.29 is 14.3 Å². The van der Waals surface area contributed by atoms with E-state index >= 15 is 0 Å². The summed E-state index contributed by atoms with van der Waals surface area (Å²) in [6, 6.07) is 4.93. The summed E-state index contributed by atoms with van der Waals surface area (Å²) in [4.78, 5) is 26.5. The Hall–Kier alpha value is -1.75. The van der Waals surface area contributed by atoms with Crippen LogP contribution in [0.25, 0.3) is 0 Å². The van der Waals surface area contributed by atoms with E-state index in [9.17, 15) is 9.59 Å². The normalized spacial score (nSPS) is 24.9. The largest absolute Gasteiger partial charge is 0.466 e. The zero-order valence-electron chi connectivity index (χ0n) is 11.1. The summed E-state index contributed by atoms with van der Waals surface area (Å²) in [6.07, 6.45) is 1.94. The van der Waals surface area contributed by atoms with Gasteiger partial charge in [0.1, 0.15) is 5.75 Å². The lowest BCUT2D eigenvalue weighted by atomic mass is 10.0. The third kappa shape index (κ3) is 2.02. The molecule has 2 amide bonds. The maximum atomic E-state index is 12.5. The van der Waals surface area contributed by atoms with Gasteiger partial charge in [0.15, 0.2) is 0 Å². The molecule has 0 bridgehead atoms. The van der Waals surface area contributed by atoms with Gasteiger partial charge in [0.05, 0.1) is 5.69 Å². The molecule has 2 heterocycles. The highest BCUT2D eigenvalue weighted by Gasteiger charge is 2.49. The molecule has 6 heteroatoms. The minimum atomic E-state index is -1.51. The van der Waals surface area contributed by atoms with Crippen molar-refractivity contribution >= 4 is 29.1 Å². The van der Waals surface area contributed by atoms with Crippen LogP contribution in [0.2, 0.25) is 5.02 Å². The smallest absolute Gasteiger partial charge is 0.278 e. The van der Waals surface area contributed by atoms with E-state index < -0.39 is 11.5 Å². The average molecular weight is 295 g/mol. The molecule has 0 radical (unpaired) electrons. The van der Waals surface area contributed by atoms with Gasteiger partial charge in [0, 0.05) is 18.1 Å². The molecular formula is C14H15ClN2O3. The number of nitrogens with zero attached hydrogens (tertiary/aromatic N) is 1. The molecule has 1 atom stereocenters. The first-order chi connectivity index (χ1) is 9.50. The Labute approximate surface area is 121 Å². The number of fused-ring (bicyclic) bond motifs is 1. The maximum Gasteiger partial charge on any atom is 0.278 e. The molecule has 0 aliphatic carbocycles. The lowest BCUT2D eigenvalue weighted by Gasteiger charge is -2.35. The molecule has 1 saturated heterocycles. The number of benzene rings is 1. The molecule has 1 aromatic rings. The molecule has 5 nitrogen and oxygen atoms in total. The Bertz CT molecular complexity index is 584.